The second-order valence-corrected chi connectivity index (χ2v) is 23.8. The summed E-state index contributed by atoms with van der Waals surface area (Å²) in [6.45, 7) is 2.56. The maximum Gasteiger partial charge on any atom is 0.472 e. The monoisotopic (exact) mass is 1160 g/mol. The summed E-state index contributed by atoms with van der Waals surface area (Å²) in [6, 6.07) is 0. The van der Waals surface area contributed by atoms with Crippen LogP contribution in [-0.2, 0) is 55.8 Å². The number of rotatable bonds is 59. The molecule has 0 saturated heterocycles. The first kappa shape index (κ1) is 76.5. The van der Waals surface area contributed by atoms with Crippen LogP contribution in [0.15, 0.2) is 48.6 Å². The van der Waals surface area contributed by atoms with Crippen molar-refractivity contribution in [1.82, 2.24) is 0 Å². The molecule has 0 bridgehead atoms. The first-order chi connectivity index (χ1) is 38.2. The number of allylic oxidation sites excluding steroid dienone is 8. The minimum atomic E-state index is -4.92. The van der Waals surface area contributed by atoms with Crippen LogP contribution in [0.4, 0.5) is 0 Å². The van der Waals surface area contributed by atoms with E-state index in [1.807, 2.05) is 0 Å². The fraction of sp³-hybridized carbons (Fsp3) is 0.820. The summed E-state index contributed by atoms with van der Waals surface area (Å²) in [7, 11) is -9.76. The van der Waals surface area contributed by atoms with Gasteiger partial charge in [0.05, 0.1) is 26.4 Å². The fourth-order valence-electron chi connectivity index (χ4n) is 8.18. The molecule has 0 rings (SSSR count). The van der Waals surface area contributed by atoms with Crippen molar-refractivity contribution < 1.29 is 75.8 Å². The Morgan fingerprint density at radius 1 is 0.354 bits per heavy atom. The van der Waals surface area contributed by atoms with Gasteiger partial charge in [0.2, 0.25) is 0 Å². The Labute approximate surface area is 478 Å². The molecule has 0 heterocycles. The van der Waals surface area contributed by atoms with Crippen molar-refractivity contribution >= 4 is 33.6 Å². The number of carbonyl (C=O) groups is 3. The van der Waals surface area contributed by atoms with Crippen molar-refractivity contribution in [2.24, 2.45) is 0 Å². The van der Waals surface area contributed by atoms with Crippen LogP contribution in [0.5, 0.6) is 0 Å². The zero-order valence-electron chi connectivity index (χ0n) is 49.5. The number of esters is 3. The molecule has 0 aromatic heterocycles. The minimum absolute atomic E-state index is 0.0892. The Balaban J connectivity index is 4.70. The highest BCUT2D eigenvalue weighted by Gasteiger charge is 2.29. The maximum absolute atomic E-state index is 12.8. The first-order valence-corrected chi connectivity index (χ1v) is 33.9. The summed E-state index contributed by atoms with van der Waals surface area (Å²) in [5, 5.41) is 20.4. The van der Waals surface area contributed by atoms with Gasteiger partial charge in [-0.05, 0) is 96.3 Å². The number of carbonyl (C=O) groups excluding carboxylic acids is 3. The molecule has 0 aliphatic carbocycles. The van der Waals surface area contributed by atoms with Crippen molar-refractivity contribution in [2.45, 2.75) is 283 Å². The Hall–Kier alpha value is -2.49. The number of phosphoric acid groups is 2. The van der Waals surface area contributed by atoms with Gasteiger partial charge in [-0.25, -0.2) is 9.13 Å². The molecule has 18 heteroatoms. The van der Waals surface area contributed by atoms with E-state index in [1.165, 1.54) is 77.0 Å². The molecule has 5 unspecified atom stereocenters. The molecule has 4 N–H and O–H groups in total. The van der Waals surface area contributed by atoms with E-state index in [9.17, 15) is 43.5 Å². The SMILES string of the molecule is CCC/C=C\C/C=C\CCCCCCCC(=O)OC(COC(=O)CCCCCCC/C=C\CCCCCCCC)COP(=O)(O)OCC(O)COP(=O)(O)OCC(O)COC(=O)CCCCCCC/C=C\CCCCCCCC. The Morgan fingerprint density at radius 3 is 1.05 bits per heavy atom. The van der Waals surface area contributed by atoms with E-state index < -0.39 is 91.5 Å². The molecule has 0 aliphatic heterocycles. The molecule has 0 saturated carbocycles. The lowest BCUT2D eigenvalue weighted by molar-refractivity contribution is -0.161. The predicted octanol–water partition coefficient (Wildman–Crippen LogP) is 16.1. The van der Waals surface area contributed by atoms with Crippen LogP contribution in [0.2, 0.25) is 0 Å². The minimum Gasteiger partial charge on any atom is -0.463 e. The summed E-state index contributed by atoms with van der Waals surface area (Å²) < 4.78 is 60.6. The number of hydrogen-bond acceptors (Lipinski definition) is 14. The van der Waals surface area contributed by atoms with Crippen molar-refractivity contribution in [3.63, 3.8) is 0 Å². The number of phosphoric ester groups is 2. The van der Waals surface area contributed by atoms with Gasteiger partial charge >= 0.3 is 33.6 Å². The van der Waals surface area contributed by atoms with E-state index in [1.54, 1.807) is 0 Å². The number of aliphatic hydroxyl groups is 2. The third kappa shape index (κ3) is 57.1. The van der Waals surface area contributed by atoms with Gasteiger partial charge in [-0.2, -0.15) is 0 Å². The Kier molecular flexibility index (Phi) is 54.2. The summed E-state index contributed by atoms with van der Waals surface area (Å²) in [6.07, 6.45) is 51.8. The summed E-state index contributed by atoms with van der Waals surface area (Å²) in [5.74, 6) is -1.60. The molecule has 0 fully saturated rings. The van der Waals surface area contributed by atoms with Crippen molar-refractivity contribution in [3.05, 3.63) is 48.6 Å². The van der Waals surface area contributed by atoms with Crippen LogP contribution in [0.1, 0.15) is 265 Å². The Morgan fingerprint density at radius 2 is 0.658 bits per heavy atom. The molecule has 79 heavy (non-hydrogen) atoms. The molecule has 0 aliphatic rings. The number of unbranched alkanes of at least 4 members (excludes halogenated alkanes) is 28. The highest BCUT2D eigenvalue weighted by atomic mass is 31.2. The van der Waals surface area contributed by atoms with E-state index in [4.69, 9.17) is 32.3 Å². The molecular formula is C61H112O16P2. The average molecular weight is 1160 g/mol. The summed E-state index contributed by atoms with van der Waals surface area (Å²) in [5.41, 5.74) is 0. The lowest BCUT2D eigenvalue weighted by atomic mass is 10.1. The van der Waals surface area contributed by atoms with E-state index in [2.05, 4.69) is 69.4 Å². The maximum atomic E-state index is 12.8. The first-order valence-electron chi connectivity index (χ1n) is 30.9. The predicted molar refractivity (Wildman–Crippen MR) is 316 cm³/mol. The van der Waals surface area contributed by atoms with Crippen molar-refractivity contribution in [3.8, 4) is 0 Å². The van der Waals surface area contributed by atoms with E-state index in [0.29, 0.717) is 19.3 Å². The van der Waals surface area contributed by atoms with Crippen molar-refractivity contribution in [1.29, 1.82) is 0 Å². The second kappa shape index (κ2) is 56.0. The molecule has 16 nitrogen and oxygen atoms in total. The van der Waals surface area contributed by atoms with Gasteiger partial charge in [0.15, 0.2) is 6.10 Å². The number of aliphatic hydroxyl groups excluding tert-OH is 2. The quantitative estimate of drug-likeness (QED) is 0.0146. The van der Waals surface area contributed by atoms with E-state index in [0.717, 1.165) is 128 Å². The zero-order valence-corrected chi connectivity index (χ0v) is 51.3. The van der Waals surface area contributed by atoms with Gasteiger partial charge in [-0.1, -0.05) is 198 Å². The lowest BCUT2D eigenvalue weighted by Crippen LogP contribution is -2.30. The molecular weight excluding hydrogens is 1050 g/mol. The molecule has 0 amide bonds. The topological polar surface area (TPSA) is 231 Å². The van der Waals surface area contributed by atoms with Gasteiger partial charge in [0.1, 0.15) is 25.4 Å². The van der Waals surface area contributed by atoms with Gasteiger partial charge in [-0.15, -0.1) is 0 Å². The molecule has 0 aromatic rings. The Bertz CT molecular complexity index is 1650. The molecule has 5 atom stereocenters. The lowest BCUT2D eigenvalue weighted by Gasteiger charge is -2.21. The normalized spacial score (nSPS) is 14.8. The third-order valence-corrected chi connectivity index (χ3v) is 14.9. The second-order valence-electron chi connectivity index (χ2n) is 20.8. The largest absolute Gasteiger partial charge is 0.472 e. The van der Waals surface area contributed by atoms with Crippen LogP contribution in [0.3, 0.4) is 0 Å². The summed E-state index contributed by atoms with van der Waals surface area (Å²) >= 11 is 0. The molecule has 0 spiro atoms. The standard InChI is InChI=1S/C61H112O16P2/c1-4-7-10-13-16-19-22-25-27-30-32-35-38-41-44-47-59(64)71-50-56(62)51-73-78(67,68)74-52-57(63)53-75-79(69,70)76-55-58(77-61(66)49-46-43-40-37-34-29-24-21-18-15-12-9-6-3)54-72-60(65)48-45-42-39-36-33-31-28-26-23-20-17-14-11-8-5-2/h12,15,21,24-28,56-58,62-63H,4-11,13-14,16-20,22-23,29-55H2,1-3H3,(H,67,68)(H,69,70)/b15-12-,24-21-,27-25-,28-26-. The van der Waals surface area contributed by atoms with Crippen LogP contribution in [0, 0.1) is 0 Å². The van der Waals surface area contributed by atoms with Crippen LogP contribution < -0.4 is 0 Å². The fourth-order valence-corrected chi connectivity index (χ4v) is 9.77. The number of ether oxygens (including phenoxy) is 3. The van der Waals surface area contributed by atoms with Crippen molar-refractivity contribution in [2.75, 3.05) is 39.6 Å². The molecule has 0 radical (unpaired) electrons. The van der Waals surface area contributed by atoms with Gasteiger partial charge in [0, 0.05) is 19.3 Å². The molecule has 462 valence electrons. The van der Waals surface area contributed by atoms with E-state index >= 15 is 0 Å². The van der Waals surface area contributed by atoms with E-state index in [-0.39, 0.29) is 19.3 Å². The molecule has 0 aromatic carbocycles. The highest BCUT2D eigenvalue weighted by molar-refractivity contribution is 7.47. The summed E-state index contributed by atoms with van der Waals surface area (Å²) in [4.78, 5) is 58.1. The zero-order chi connectivity index (χ0) is 58.2. The smallest absolute Gasteiger partial charge is 0.463 e. The van der Waals surface area contributed by atoms with Gasteiger partial charge < -0.3 is 34.2 Å². The van der Waals surface area contributed by atoms with Crippen LogP contribution >= 0.6 is 15.6 Å². The van der Waals surface area contributed by atoms with Gasteiger partial charge in [0.25, 0.3) is 0 Å². The van der Waals surface area contributed by atoms with Crippen LogP contribution in [-0.4, -0.2) is 95.9 Å². The number of hydrogen-bond donors (Lipinski definition) is 4. The highest BCUT2D eigenvalue weighted by Crippen LogP contribution is 2.45. The van der Waals surface area contributed by atoms with Crippen LogP contribution in [0.25, 0.3) is 0 Å². The third-order valence-electron chi connectivity index (χ3n) is 13.0. The average Bonchev–Trinajstić information content (AvgIpc) is 3.42. The van der Waals surface area contributed by atoms with Gasteiger partial charge in [-0.3, -0.25) is 32.5 Å².